The van der Waals surface area contributed by atoms with E-state index in [2.05, 4.69) is 10.2 Å². The molecule has 0 bridgehead atoms. The van der Waals surface area contributed by atoms with Gasteiger partial charge in [-0.15, -0.1) is 10.2 Å². The number of piperidine rings is 1. The Hall–Kier alpha value is -2.35. The summed E-state index contributed by atoms with van der Waals surface area (Å²) in [5, 5.41) is 9.09. The number of hydrogen-bond donors (Lipinski definition) is 1. The highest BCUT2D eigenvalue weighted by Crippen LogP contribution is 2.23. The topological polar surface area (TPSA) is 94.1 Å². The fraction of sp³-hybridized carbons (Fsp3) is 0.412. The Morgan fingerprint density at radius 1 is 1.28 bits per heavy atom. The maximum Gasteiger partial charge on any atom is 0.233 e. The fourth-order valence-corrected chi connectivity index (χ4v) is 3.75. The minimum atomic E-state index is -0.328. The van der Waals surface area contributed by atoms with Gasteiger partial charge in [0, 0.05) is 25.7 Å². The summed E-state index contributed by atoms with van der Waals surface area (Å²) in [7, 11) is 1.89. The SMILES string of the molecule is Cn1c(SCC(=O)N2CCC[C@H](C(N)=O)C2)nnc1-c1ccccc1. The number of benzene rings is 1. The number of aromatic nitrogens is 3. The maximum atomic E-state index is 12.4. The average molecular weight is 359 g/mol. The van der Waals surface area contributed by atoms with Crippen LogP contribution >= 0.6 is 11.8 Å². The van der Waals surface area contributed by atoms with Crippen molar-refractivity contribution >= 4 is 23.6 Å². The van der Waals surface area contributed by atoms with E-state index in [9.17, 15) is 9.59 Å². The molecule has 1 aromatic carbocycles. The maximum absolute atomic E-state index is 12.4. The summed E-state index contributed by atoms with van der Waals surface area (Å²) in [6.45, 7) is 1.10. The number of amides is 2. The zero-order chi connectivity index (χ0) is 17.8. The molecule has 1 fully saturated rings. The lowest BCUT2D eigenvalue weighted by molar-refractivity contribution is -0.132. The van der Waals surface area contributed by atoms with Crippen molar-refractivity contribution in [1.82, 2.24) is 19.7 Å². The highest BCUT2D eigenvalue weighted by atomic mass is 32.2. The lowest BCUT2D eigenvalue weighted by atomic mass is 9.97. The number of thioether (sulfide) groups is 1. The van der Waals surface area contributed by atoms with Crippen molar-refractivity contribution in [1.29, 1.82) is 0 Å². The van der Waals surface area contributed by atoms with Gasteiger partial charge < -0.3 is 15.2 Å². The van der Waals surface area contributed by atoms with Crippen molar-refractivity contribution < 1.29 is 9.59 Å². The minimum absolute atomic E-state index is 0.000195. The first-order valence-electron chi connectivity index (χ1n) is 8.21. The molecule has 1 aliphatic rings. The Labute approximate surface area is 150 Å². The molecule has 2 amide bonds. The summed E-state index contributed by atoms with van der Waals surface area (Å²) in [4.78, 5) is 25.5. The van der Waals surface area contributed by atoms with Crippen molar-refractivity contribution in [3.05, 3.63) is 30.3 Å². The normalized spacial score (nSPS) is 17.5. The van der Waals surface area contributed by atoms with Crippen LogP contribution in [0.4, 0.5) is 0 Å². The van der Waals surface area contributed by atoms with E-state index in [0.717, 1.165) is 24.2 Å². The third-order valence-corrected chi connectivity index (χ3v) is 5.37. The molecule has 0 unspecified atom stereocenters. The summed E-state index contributed by atoms with van der Waals surface area (Å²) in [5.41, 5.74) is 6.35. The van der Waals surface area contributed by atoms with Crippen molar-refractivity contribution in [2.75, 3.05) is 18.8 Å². The quantitative estimate of drug-likeness (QED) is 0.812. The van der Waals surface area contributed by atoms with E-state index in [1.807, 2.05) is 41.9 Å². The smallest absolute Gasteiger partial charge is 0.233 e. The molecule has 0 saturated carbocycles. The highest BCUT2D eigenvalue weighted by Gasteiger charge is 2.27. The van der Waals surface area contributed by atoms with Crippen molar-refractivity contribution in [2.45, 2.75) is 18.0 Å². The summed E-state index contributed by atoms with van der Waals surface area (Å²) >= 11 is 1.36. The van der Waals surface area contributed by atoms with Gasteiger partial charge in [0.1, 0.15) is 0 Å². The van der Waals surface area contributed by atoms with Gasteiger partial charge in [-0.3, -0.25) is 9.59 Å². The van der Waals surface area contributed by atoms with Gasteiger partial charge in [-0.2, -0.15) is 0 Å². The first-order valence-corrected chi connectivity index (χ1v) is 9.19. The number of nitrogens with two attached hydrogens (primary N) is 1. The van der Waals surface area contributed by atoms with Gasteiger partial charge in [-0.05, 0) is 12.8 Å². The van der Waals surface area contributed by atoms with E-state index in [4.69, 9.17) is 5.73 Å². The Kier molecular flexibility index (Phi) is 5.37. The van der Waals surface area contributed by atoms with Crippen LogP contribution in [-0.4, -0.2) is 50.3 Å². The van der Waals surface area contributed by atoms with Crippen LogP contribution in [0.3, 0.4) is 0 Å². The van der Waals surface area contributed by atoms with Gasteiger partial charge in [0.05, 0.1) is 11.7 Å². The molecule has 0 spiro atoms. The lowest BCUT2D eigenvalue weighted by Gasteiger charge is -2.31. The van der Waals surface area contributed by atoms with Gasteiger partial charge in [0.2, 0.25) is 11.8 Å². The molecule has 2 heterocycles. The predicted molar refractivity (Wildman–Crippen MR) is 95.7 cm³/mol. The molecule has 132 valence electrons. The molecule has 2 N–H and O–H groups in total. The molecule has 25 heavy (non-hydrogen) atoms. The average Bonchev–Trinajstić information content (AvgIpc) is 3.01. The molecule has 0 aliphatic carbocycles. The zero-order valence-electron chi connectivity index (χ0n) is 14.1. The summed E-state index contributed by atoms with van der Waals surface area (Å²) in [5.74, 6) is 0.474. The summed E-state index contributed by atoms with van der Waals surface area (Å²) in [6.07, 6.45) is 1.57. The number of carbonyl (C=O) groups is 2. The molecule has 3 rings (SSSR count). The van der Waals surface area contributed by atoms with Crippen molar-refractivity contribution in [2.24, 2.45) is 18.7 Å². The summed E-state index contributed by atoms with van der Waals surface area (Å²) in [6, 6.07) is 9.80. The number of rotatable bonds is 5. The van der Waals surface area contributed by atoms with E-state index in [0.29, 0.717) is 18.2 Å². The second-order valence-corrected chi connectivity index (χ2v) is 7.04. The van der Waals surface area contributed by atoms with Crippen LogP contribution in [-0.2, 0) is 16.6 Å². The Bertz CT molecular complexity index is 762. The zero-order valence-corrected chi connectivity index (χ0v) is 14.9. The molecule has 8 heteroatoms. The van der Waals surface area contributed by atoms with Crippen LogP contribution < -0.4 is 5.73 Å². The van der Waals surface area contributed by atoms with Crippen LogP contribution in [0.2, 0.25) is 0 Å². The highest BCUT2D eigenvalue weighted by molar-refractivity contribution is 7.99. The third kappa shape index (κ3) is 4.01. The molecule has 1 aromatic heterocycles. The van der Waals surface area contributed by atoms with E-state index >= 15 is 0 Å². The van der Waals surface area contributed by atoms with Gasteiger partial charge >= 0.3 is 0 Å². The number of likely N-dealkylation sites (tertiary alicyclic amines) is 1. The molecule has 7 nitrogen and oxygen atoms in total. The molecule has 2 aromatic rings. The van der Waals surface area contributed by atoms with E-state index in [-0.39, 0.29) is 23.5 Å². The number of nitrogens with zero attached hydrogens (tertiary/aromatic N) is 4. The Morgan fingerprint density at radius 3 is 2.76 bits per heavy atom. The number of hydrogen-bond acceptors (Lipinski definition) is 5. The van der Waals surface area contributed by atoms with Crippen molar-refractivity contribution in [3.63, 3.8) is 0 Å². The standard InChI is InChI=1S/C17H21N5O2S/c1-21-16(12-6-3-2-4-7-12)19-20-17(21)25-11-14(23)22-9-5-8-13(10-22)15(18)24/h2-4,6-7,13H,5,8-11H2,1H3,(H2,18,24)/t13-/m0/s1. The van der Waals surface area contributed by atoms with Crippen LogP contribution in [0, 0.1) is 5.92 Å². The van der Waals surface area contributed by atoms with E-state index < -0.39 is 0 Å². The van der Waals surface area contributed by atoms with Gasteiger partial charge in [-0.1, -0.05) is 42.1 Å². The first kappa shape index (κ1) is 17.5. The van der Waals surface area contributed by atoms with Crippen LogP contribution in [0.25, 0.3) is 11.4 Å². The van der Waals surface area contributed by atoms with E-state index in [1.54, 1.807) is 4.90 Å². The molecule has 1 saturated heterocycles. The number of primary amides is 1. The van der Waals surface area contributed by atoms with Crippen LogP contribution in [0.15, 0.2) is 35.5 Å². The number of carbonyl (C=O) groups excluding carboxylic acids is 2. The Morgan fingerprint density at radius 2 is 2.04 bits per heavy atom. The molecular weight excluding hydrogens is 338 g/mol. The second-order valence-electron chi connectivity index (χ2n) is 6.10. The first-order chi connectivity index (χ1) is 12.1. The van der Waals surface area contributed by atoms with E-state index in [1.165, 1.54) is 11.8 Å². The second kappa shape index (κ2) is 7.69. The largest absolute Gasteiger partial charge is 0.369 e. The van der Waals surface area contributed by atoms with Crippen LogP contribution in [0.5, 0.6) is 0 Å². The molecular formula is C17H21N5O2S. The van der Waals surface area contributed by atoms with Gasteiger partial charge in [0.15, 0.2) is 11.0 Å². The third-order valence-electron chi connectivity index (χ3n) is 4.37. The molecule has 1 aliphatic heterocycles. The molecule has 0 radical (unpaired) electrons. The predicted octanol–water partition coefficient (Wildman–Crippen LogP) is 1.30. The fourth-order valence-electron chi connectivity index (χ4n) is 2.93. The van der Waals surface area contributed by atoms with Crippen molar-refractivity contribution in [3.8, 4) is 11.4 Å². The lowest BCUT2D eigenvalue weighted by Crippen LogP contribution is -2.44. The van der Waals surface area contributed by atoms with Gasteiger partial charge in [0.25, 0.3) is 0 Å². The van der Waals surface area contributed by atoms with Gasteiger partial charge in [-0.25, -0.2) is 0 Å². The molecule has 1 atom stereocenters. The monoisotopic (exact) mass is 359 g/mol. The van der Waals surface area contributed by atoms with Crippen LogP contribution in [0.1, 0.15) is 12.8 Å². The summed E-state index contributed by atoms with van der Waals surface area (Å²) < 4.78 is 1.88. The Balaban J connectivity index is 1.61. The minimum Gasteiger partial charge on any atom is -0.369 e.